The zero-order valence-electron chi connectivity index (χ0n) is 11.2. The predicted octanol–water partition coefficient (Wildman–Crippen LogP) is 2.06. The highest BCUT2D eigenvalue weighted by atomic mass is 16.3. The van der Waals surface area contributed by atoms with Crippen molar-refractivity contribution in [2.24, 2.45) is 5.92 Å². The summed E-state index contributed by atoms with van der Waals surface area (Å²) in [6, 6.07) is 1.64. The number of nitrogens with zero attached hydrogens (tertiary/aromatic N) is 1. The second-order valence-electron chi connectivity index (χ2n) is 5.12. The van der Waals surface area contributed by atoms with Gasteiger partial charge in [0.05, 0.1) is 0 Å². The molecular weight excluding hydrogens is 242 g/mol. The van der Waals surface area contributed by atoms with Crippen molar-refractivity contribution in [2.75, 3.05) is 11.9 Å². The first kappa shape index (κ1) is 13.8. The smallest absolute Gasteiger partial charge is 0.319 e. The molecule has 5 nitrogen and oxygen atoms in total. The van der Waals surface area contributed by atoms with Gasteiger partial charge >= 0.3 is 6.03 Å². The summed E-state index contributed by atoms with van der Waals surface area (Å²) in [5.41, 5.74) is 1.70. The van der Waals surface area contributed by atoms with Gasteiger partial charge in [-0.3, -0.25) is 4.98 Å². The van der Waals surface area contributed by atoms with Crippen LogP contribution in [0.3, 0.4) is 0 Å². The molecule has 19 heavy (non-hydrogen) atoms. The van der Waals surface area contributed by atoms with E-state index < -0.39 is 0 Å². The van der Waals surface area contributed by atoms with Gasteiger partial charge in [0.15, 0.2) is 0 Å². The summed E-state index contributed by atoms with van der Waals surface area (Å²) in [5.74, 6) is 0.179. The van der Waals surface area contributed by atoms with Gasteiger partial charge < -0.3 is 15.7 Å². The fourth-order valence-corrected chi connectivity index (χ4v) is 2.56. The van der Waals surface area contributed by atoms with Gasteiger partial charge in [-0.1, -0.05) is 12.8 Å². The van der Waals surface area contributed by atoms with E-state index in [2.05, 4.69) is 15.6 Å². The molecule has 2 atom stereocenters. The SMILES string of the molecule is Cc1cnccc1NC(=O)N[C@@H]1CCCC[C@H]1CO. The third-order valence-electron chi connectivity index (χ3n) is 3.73. The standard InChI is InChI=1S/C14H21N3O2/c1-10-8-15-7-6-12(10)16-14(19)17-13-5-3-2-4-11(13)9-18/h6-8,11,13,18H,2-5,9H2,1H3,(H2,15,16,17,19)/t11-,13+/m0/s1. The van der Waals surface area contributed by atoms with Crippen LogP contribution in [-0.2, 0) is 0 Å². The first-order chi connectivity index (χ1) is 9.20. The zero-order chi connectivity index (χ0) is 13.7. The number of urea groups is 1. The highest BCUT2D eigenvalue weighted by molar-refractivity contribution is 5.90. The van der Waals surface area contributed by atoms with Gasteiger partial charge in [0, 0.05) is 36.6 Å². The van der Waals surface area contributed by atoms with Crippen molar-refractivity contribution in [2.45, 2.75) is 38.6 Å². The topological polar surface area (TPSA) is 74.2 Å². The van der Waals surface area contributed by atoms with E-state index in [1.165, 1.54) is 0 Å². The molecule has 0 bridgehead atoms. The Labute approximate surface area is 113 Å². The lowest BCUT2D eigenvalue weighted by atomic mass is 9.85. The molecule has 0 aliphatic heterocycles. The van der Waals surface area contributed by atoms with Gasteiger partial charge in [-0.25, -0.2) is 4.79 Å². The van der Waals surface area contributed by atoms with Crippen molar-refractivity contribution in [3.8, 4) is 0 Å². The largest absolute Gasteiger partial charge is 0.396 e. The molecule has 5 heteroatoms. The van der Waals surface area contributed by atoms with Crippen LogP contribution in [0, 0.1) is 12.8 Å². The Morgan fingerprint density at radius 2 is 2.26 bits per heavy atom. The number of hydrogen-bond acceptors (Lipinski definition) is 3. The molecule has 1 saturated carbocycles. The molecule has 1 fully saturated rings. The number of carbonyl (C=O) groups is 1. The van der Waals surface area contributed by atoms with Gasteiger partial charge in [-0.15, -0.1) is 0 Å². The van der Waals surface area contributed by atoms with Crippen molar-refractivity contribution >= 4 is 11.7 Å². The second kappa shape index (κ2) is 6.52. The van der Waals surface area contributed by atoms with Crippen LogP contribution in [0.5, 0.6) is 0 Å². The molecule has 0 radical (unpaired) electrons. The number of amides is 2. The summed E-state index contributed by atoms with van der Waals surface area (Å²) in [6.45, 7) is 2.04. The van der Waals surface area contributed by atoms with Crippen molar-refractivity contribution in [1.29, 1.82) is 0 Å². The molecule has 0 saturated heterocycles. The number of nitrogens with one attached hydrogen (secondary N) is 2. The fraction of sp³-hybridized carbons (Fsp3) is 0.571. The minimum atomic E-state index is -0.209. The highest BCUT2D eigenvalue weighted by Crippen LogP contribution is 2.24. The molecule has 3 N–H and O–H groups in total. The van der Waals surface area contributed by atoms with E-state index in [1.54, 1.807) is 18.5 Å². The first-order valence-corrected chi connectivity index (χ1v) is 6.79. The molecule has 104 valence electrons. The molecular formula is C14H21N3O2. The lowest BCUT2D eigenvalue weighted by molar-refractivity contribution is 0.156. The van der Waals surface area contributed by atoms with Crippen LogP contribution in [-0.4, -0.2) is 28.8 Å². The molecule has 0 aromatic carbocycles. The van der Waals surface area contributed by atoms with Gasteiger partial charge in [0.25, 0.3) is 0 Å². The van der Waals surface area contributed by atoms with Crippen LogP contribution in [0.1, 0.15) is 31.2 Å². The van der Waals surface area contributed by atoms with Crippen LogP contribution in [0.2, 0.25) is 0 Å². The van der Waals surface area contributed by atoms with Gasteiger partial charge in [0.1, 0.15) is 0 Å². The van der Waals surface area contributed by atoms with E-state index in [1.807, 2.05) is 6.92 Å². The summed E-state index contributed by atoms with van der Waals surface area (Å²) in [6.07, 6.45) is 7.53. The summed E-state index contributed by atoms with van der Waals surface area (Å²) in [4.78, 5) is 16.0. The number of aliphatic hydroxyl groups is 1. The molecule has 1 aliphatic rings. The second-order valence-corrected chi connectivity index (χ2v) is 5.12. The number of pyridine rings is 1. The van der Waals surface area contributed by atoms with E-state index in [-0.39, 0.29) is 24.6 Å². The number of carbonyl (C=O) groups excluding carboxylic acids is 1. The molecule has 1 aromatic rings. The van der Waals surface area contributed by atoms with Crippen molar-refractivity contribution < 1.29 is 9.90 Å². The Kier molecular flexibility index (Phi) is 4.74. The Bertz CT molecular complexity index is 436. The maximum atomic E-state index is 12.0. The predicted molar refractivity (Wildman–Crippen MR) is 74.0 cm³/mol. The van der Waals surface area contributed by atoms with Crippen molar-refractivity contribution in [1.82, 2.24) is 10.3 Å². The van der Waals surface area contributed by atoms with E-state index >= 15 is 0 Å². The Hall–Kier alpha value is -1.62. The van der Waals surface area contributed by atoms with Crippen LogP contribution >= 0.6 is 0 Å². The molecule has 0 spiro atoms. The average Bonchev–Trinajstić information content (AvgIpc) is 2.42. The Morgan fingerprint density at radius 1 is 1.47 bits per heavy atom. The Morgan fingerprint density at radius 3 is 3.00 bits per heavy atom. The molecule has 2 rings (SSSR count). The fourth-order valence-electron chi connectivity index (χ4n) is 2.56. The summed E-state index contributed by atoms with van der Waals surface area (Å²) < 4.78 is 0. The van der Waals surface area contributed by atoms with E-state index in [9.17, 15) is 9.90 Å². The van der Waals surface area contributed by atoms with E-state index in [4.69, 9.17) is 0 Å². The third-order valence-corrected chi connectivity index (χ3v) is 3.73. The zero-order valence-corrected chi connectivity index (χ0v) is 11.2. The number of aliphatic hydroxyl groups excluding tert-OH is 1. The molecule has 1 heterocycles. The number of anilines is 1. The number of aryl methyl sites for hydroxylation is 1. The maximum Gasteiger partial charge on any atom is 0.319 e. The molecule has 1 aromatic heterocycles. The minimum Gasteiger partial charge on any atom is -0.396 e. The number of rotatable bonds is 3. The van der Waals surface area contributed by atoms with Crippen molar-refractivity contribution in [3.05, 3.63) is 24.0 Å². The Balaban J connectivity index is 1.92. The van der Waals surface area contributed by atoms with Gasteiger partial charge in [-0.05, 0) is 31.4 Å². The summed E-state index contributed by atoms with van der Waals surface area (Å²) >= 11 is 0. The van der Waals surface area contributed by atoms with E-state index in [0.29, 0.717) is 0 Å². The third kappa shape index (κ3) is 3.67. The maximum absolute atomic E-state index is 12.0. The van der Waals surface area contributed by atoms with Gasteiger partial charge in [0.2, 0.25) is 0 Å². The average molecular weight is 263 g/mol. The van der Waals surface area contributed by atoms with Crippen LogP contribution in [0.25, 0.3) is 0 Å². The first-order valence-electron chi connectivity index (χ1n) is 6.79. The monoisotopic (exact) mass is 263 g/mol. The normalized spacial score (nSPS) is 22.8. The van der Waals surface area contributed by atoms with Crippen LogP contribution in [0.15, 0.2) is 18.5 Å². The summed E-state index contributed by atoms with van der Waals surface area (Å²) in [5, 5.41) is 15.1. The van der Waals surface area contributed by atoms with Gasteiger partial charge in [-0.2, -0.15) is 0 Å². The number of hydrogen-bond donors (Lipinski definition) is 3. The molecule has 2 amide bonds. The lowest BCUT2D eigenvalue weighted by Gasteiger charge is -2.30. The van der Waals surface area contributed by atoms with Crippen molar-refractivity contribution in [3.63, 3.8) is 0 Å². The number of aromatic nitrogens is 1. The highest BCUT2D eigenvalue weighted by Gasteiger charge is 2.25. The lowest BCUT2D eigenvalue weighted by Crippen LogP contribution is -2.45. The van der Waals surface area contributed by atoms with Crippen LogP contribution in [0.4, 0.5) is 10.5 Å². The van der Waals surface area contributed by atoms with E-state index in [0.717, 1.165) is 36.9 Å². The quantitative estimate of drug-likeness (QED) is 0.781. The van der Waals surface area contributed by atoms with Crippen LogP contribution < -0.4 is 10.6 Å². The summed E-state index contributed by atoms with van der Waals surface area (Å²) in [7, 11) is 0. The minimum absolute atomic E-state index is 0.0703. The molecule has 0 unspecified atom stereocenters. The molecule has 1 aliphatic carbocycles.